The van der Waals surface area contributed by atoms with Crippen LogP contribution >= 0.6 is 24.0 Å². The normalized spacial score (nSPS) is 15.2. The lowest BCUT2D eigenvalue weighted by Gasteiger charge is -2.33. The van der Waals surface area contributed by atoms with Crippen LogP contribution < -0.4 is 5.32 Å². The molecule has 29 heavy (non-hydrogen) atoms. The highest BCUT2D eigenvalue weighted by atomic mass is 127. The third-order valence-electron chi connectivity index (χ3n) is 4.77. The summed E-state index contributed by atoms with van der Waals surface area (Å²) in [5.74, 6) is 0.863. The number of guanidine groups is 1. The summed E-state index contributed by atoms with van der Waals surface area (Å²) in [4.78, 5) is 19.0. The van der Waals surface area contributed by atoms with Gasteiger partial charge in [-0.3, -0.25) is 4.79 Å². The van der Waals surface area contributed by atoms with Crippen LogP contribution in [0.5, 0.6) is 0 Å². The van der Waals surface area contributed by atoms with E-state index in [9.17, 15) is 4.79 Å². The fourth-order valence-corrected chi connectivity index (χ4v) is 3.18. The van der Waals surface area contributed by atoms with Crippen LogP contribution in [-0.2, 0) is 27.4 Å². The summed E-state index contributed by atoms with van der Waals surface area (Å²) in [6.45, 7) is 12.2. The molecule has 2 rings (SSSR count). The maximum Gasteiger partial charge on any atom is 0.309 e. The SMILES string of the molecule is CCNC(=NCc1ccc(COC(C)C)cc1)N1CCC(C(=O)OCC)CC1.I. The van der Waals surface area contributed by atoms with Crippen molar-refractivity contribution in [1.29, 1.82) is 0 Å². The molecule has 1 aliphatic heterocycles. The molecule has 0 radical (unpaired) electrons. The molecule has 1 heterocycles. The number of nitrogens with zero attached hydrogens (tertiary/aromatic N) is 2. The quantitative estimate of drug-likeness (QED) is 0.245. The molecule has 1 aromatic rings. The van der Waals surface area contributed by atoms with Crippen LogP contribution in [0.15, 0.2) is 29.3 Å². The summed E-state index contributed by atoms with van der Waals surface area (Å²) in [7, 11) is 0. The van der Waals surface area contributed by atoms with Gasteiger partial charge in [0.1, 0.15) is 0 Å². The predicted molar refractivity (Wildman–Crippen MR) is 128 cm³/mol. The van der Waals surface area contributed by atoms with E-state index < -0.39 is 0 Å². The van der Waals surface area contributed by atoms with Crippen molar-refractivity contribution in [3.8, 4) is 0 Å². The molecule has 164 valence electrons. The number of likely N-dealkylation sites (tertiary alicyclic amines) is 1. The number of carbonyl (C=O) groups excluding carboxylic acids is 1. The average Bonchev–Trinajstić information content (AvgIpc) is 2.70. The lowest BCUT2D eigenvalue weighted by atomic mass is 9.97. The van der Waals surface area contributed by atoms with Crippen molar-refractivity contribution >= 4 is 35.9 Å². The van der Waals surface area contributed by atoms with Gasteiger partial charge in [0.2, 0.25) is 0 Å². The predicted octanol–water partition coefficient (Wildman–Crippen LogP) is 3.97. The standard InChI is InChI=1S/C22H35N3O3.HI/c1-5-23-22(25-13-11-20(12-14-25)21(26)27-6-2)24-15-18-7-9-19(10-8-18)16-28-17(3)4;/h7-10,17,20H,5-6,11-16H2,1-4H3,(H,23,24);1H. The van der Waals surface area contributed by atoms with Gasteiger partial charge in [-0.1, -0.05) is 24.3 Å². The molecule has 6 nitrogen and oxygen atoms in total. The number of ether oxygens (including phenoxy) is 2. The van der Waals surface area contributed by atoms with Crippen LogP contribution in [0.4, 0.5) is 0 Å². The molecule has 0 saturated carbocycles. The first-order valence-corrected chi connectivity index (χ1v) is 10.4. The smallest absolute Gasteiger partial charge is 0.309 e. The highest BCUT2D eigenvalue weighted by molar-refractivity contribution is 14.0. The summed E-state index contributed by atoms with van der Waals surface area (Å²) < 4.78 is 10.8. The first-order chi connectivity index (χ1) is 13.5. The Morgan fingerprint density at radius 1 is 1.17 bits per heavy atom. The van der Waals surface area contributed by atoms with Crippen LogP contribution in [0.25, 0.3) is 0 Å². The Morgan fingerprint density at radius 3 is 2.34 bits per heavy atom. The van der Waals surface area contributed by atoms with Crippen LogP contribution in [0.2, 0.25) is 0 Å². The molecule has 7 heteroatoms. The van der Waals surface area contributed by atoms with E-state index in [-0.39, 0.29) is 42.0 Å². The molecule has 0 amide bonds. The zero-order chi connectivity index (χ0) is 20.4. The molecule has 1 aliphatic rings. The van der Waals surface area contributed by atoms with E-state index in [2.05, 4.69) is 41.4 Å². The van der Waals surface area contributed by atoms with Crippen molar-refractivity contribution in [1.82, 2.24) is 10.2 Å². The van der Waals surface area contributed by atoms with E-state index >= 15 is 0 Å². The van der Waals surface area contributed by atoms with Crippen molar-refractivity contribution in [2.45, 2.75) is 59.8 Å². The maximum atomic E-state index is 11.9. The monoisotopic (exact) mass is 517 g/mol. The maximum absolute atomic E-state index is 11.9. The van der Waals surface area contributed by atoms with Gasteiger partial charge in [-0.25, -0.2) is 4.99 Å². The number of hydrogen-bond acceptors (Lipinski definition) is 4. The van der Waals surface area contributed by atoms with Gasteiger partial charge < -0.3 is 19.7 Å². The van der Waals surface area contributed by atoms with Crippen LogP contribution in [0, 0.1) is 5.92 Å². The zero-order valence-electron chi connectivity index (χ0n) is 18.1. The van der Waals surface area contributed by atoms with Crippen molar-refractivity contribution < 1.29 is 14.3 Å². The molecular weight excluding hydrogens is 481 g/mol. The van der Waals surface area contributed by atoms with E-state index in [0.29, 0.717) is 19.8 Å². The molecule has 0 atom stereocenters. The van der Waals surface area contributed by atoms with Crippen LogP contribution in [-0.4, -0.2) is 49.2 Å². The Balaban J connectivity index is 0.00000420. The number of esters is 1. The molecular formula is C22H36IN3O3. The summed E-state index contributed by atoms with van der Waals surface area (Å²) in [6, 6.07) is 8.42. The second kappa shape index (κ2) is 13.8. The van der Waals surface area contributed by atoms with Gasteiger partial charge in [0.25, 0.3) is 0 Å². The molecule has 1 saturated heterocycles. The molecule has 0 unspecified atom stereocenters. The number of halogens is 1. The van der Waals surface area contributed by atoms with Gasteiger partial charge in [-0.2, -0.15) is 0 Å². The topological polar surface area (TPSA) is 63.2 Å². The highest BCUT2D eigenvalue weighted by Crippen LogP contribution is 2.19. The van der Waals surface area contributed by atoms with E-state index in [1.807, 2.05) is 20.8 Å². The number of benzene rings is 1. The third kappa shape index (κ3) is 8.90. The largest absolute Gasteiger partial charge is 0.466 e. The number of nitrogens with one attached hydrogen (secondary N) is 1. The first kappa shape index (κ1) is 25.7. The number of hydrogen-bond donors (Lipinski definition) is 1. The Morgan fingerprint density at radius 2 is 1.79 bits per heavy atom. The molecule has 0 aromatic heterocycles. The minimum atomic E-state index is -0.0642. The van der Waals surface area contributed by atoms with Crippen molar-refractivity contribution in [3.63, 3.8) is 0 Å². The third-order valence-corrected chi connectivity index (χ3v) is 4.77. The Labute approximate surface area is 192 Å². The second-order valence-corrected chi connectivity index (χ2v) is 7.36. The lowest BCUT2D eigenvalue weighted by Crippen LogP contribution is -2.46. The number of rotatable bonds is 8. The minimum Gasteiger partial charge on any atom is -0.466 e. The molecule has 1 aromatic carbocycles. The van der Waals surface area contributed by atoms with Gasteiger partial charge in [0, 0.05) is 19.6 Å². The minimum absolute atomic E-state index is 0. The van der Waals surface area contributed by atoms with Gasteiger partial charge >= 0.3 is 5.97 Å². The first-order valence-electron chi connectivity index (χ1n) is 10.4. The highest BCUT2D eigenvalue weighted by Gasteiger charge is 2.27. The van der Waals surface area contributed by atoms with E-state index in [1.165, 1.54) is 11.1 Å². The second-order valence-electron chi connectivity index (χ2n) is 7.36. The molecule has 0 bridgehead atoms. The summed E-state index contributed by atoms with van der Waals surface area (Å²) in [6.07, 6.45) is 1.86. The Kier molecular flexibility index (Phi) is 12.2. The van der Waals surface area contributed by atoms with Crippen molar-refractivity contribution in [2.24, 2.45) is 10.9 Å². The van der Waals surface area contributed by atoms with Gasteiger partial charge in [0.05, 0.1) is 31.8 Å². The fraction of sp³-hybridized carbons (Fsp3) is 0.636. The average molecular weight is 517 g/mol. The Bertz CT molecular complexity index is 627. The van der Waals surface area contributed by atoms with Crippen LogP contribution in [0.3, 0.4) is 0 Å². The molecule has 1 N–H and O–H groups in total. The Hall–Kier alpha value is -1.35. The van der Waals surface area contributed by atoms with Crippen molar-refractivity contribution in [3.05, 3.63) is 35.4 Å². The van der Waals surface area contributed by atoms with E-state index in [1.54, 1.807) is 0 Å². The van der Waals surface area contributed by atoms with Gasteiger partial charge in [-0.15, -0.1) is 24.0 Å². The summed E-state index contributed by atoms with van der Waals surface area (Å²) >= 11 is 0. The fourth-order valence-electron chi connectivity index (χ4n) is 3.18. The van der Waals surface area contributed by atoms with Crippen LogP contribution in [0.1, 0.15) is 51.7 Å². The number of piperidine rings is 1. The number of carbonyl (C=O) groups is 1. The zero-order valence-corrected chi connectivity index (χ0v) is 20.5. The summed E-state index contributed by atoms with van der Waals surface area (Å²) in [5.41, 5.74) is 2.35. The number of aliphatic imine (C=N–C) groups is 1. The molecule has 1 fully saturated rings. The van der Waals surface area contributed by atoms with Gasteiger partial charge in [0.15, 0.2) is 5.96 Å². The van der Waals surface area contributed by atoms with E-state index in [4.69, 9.17) is 14.5 Å². The van der Waals surface area contributed by atoms with E-state index in [0.717, 1.165) is 38.4 Å². The molecule has 0 spiro atoms. The van der Waals surface area contributed by atoms with Crippen molar-refractivity contribution in [2.75, 3.05) is 26.2 Å². The molecule has 0 aliphatic carbocycles. The lowest BCUT2D eigenvalue weighted by molar-refractivity contribution is -0.149. The summed E-state index contributed by atoms with van der Waals surface area (Å²) in [5, 5.41) is 3.38. The van der Waals surface area contributed by atoms with Gasteiger partial charge in [-0.05, 0) is 51.7 Å².